The molecule has 7 nitrogen and oxygen atoms in total. The zero-order valence-electron chi connectivity index (χ0n) is 15.2. The number of nitro groups is 1. The number of rotatable bonds is 7. The second-order valence-corrected chi connectivity index (χ2v) is 8.76. The van der Waals surface area contributed by atoms with Gasteiger partial charge >= 0.3 is 5.69 Å². The lowest BCUT2D eigenvalue weighted by Crippen LogP contribution is -2.29. The fraction of sp³-hybridized carbons (Fsp3) is 0.158. The van der Waals surface area contributed by atoms with Crippen molar-refractivity contribution in [1.29, 1.82) is 0 Å². The first-order valence-electron chi connectivity index (χ1n) is 8.26. The highest BCUT2D eigenvalue weighted by molar-refractivity contribution is 7.89. The lowest BCUT2D eigenvalue weighted by atomic mass is 10.0. The average Bonchev–Trinajstić information content (AvgIpc) is 3.21. The van der Waals surface area contributed by atoms with Crippen LogP contribution in [0.1, 0.15) is 22.0 Å². The normalized spacial score (nSPS) is 12.5. The molecule has 0 aliphatic heterocycles. The van der Waals surface area contributed by atoms with Gasteiger partial charge in [0.25, 0.3) is 0 Å². The number of nitrogens with zero attached hydrogens (tertiary/aromatic N) is 1. The van der Waals surface area contributed by atoms with Crippen LogP contribution >= 0.6 is 11.3 Å². The van der Waals surface area contributed by atoms with Crippen LogP contribution in [0.25, 0.3) is 0 Å². The number of benzene rings is 2. The lowest BCUT2D eigenvalue weighted by molar-refractivity contribution is -0.386. The zero-order chi connectivity index (χ0) is 20.3. The Balaban J connectivity index is 2.01. The van der Waals surface area contributed by atoms with Gasteiger partial charge in [0.1, 0.15) is 0 Å². The van der Waals surface area contributed by atoms with Crippen molar-refractivity contribution in [2.75, 3.05) is 7.11 Å². The first kappa shape index (κ1) is 20.0. The van der Waals surface area contributed by atoms with Crippen LogP contribution in [0.5, 0.6) is 5.75 Å². The summed E-state index contributed by atoms with van der Waals surface area (Å²) in [5, 5.41) is 13.1. The quantitative estimate of drug-likeness (QED) is 0.461. The molecule has 1 atom stereocenters. The number of thiophene rings is 1. The minimum Gasteiger partial charge on any atom is -0.490 e. The molecule has 1 heterocycles. The fourth-order valence-electron chi connectivity index (χ4n) is 2.71. The number of aryl methyl sites for hydroxylation is 1. The van der Waals surface area contributed by atoms with Crippen LogP contribution in [-0.4, -0.2) is 20.5 Å². The first-order valence-corrected chi connectivity index (χ1v) is 10.6. The highest BCUT2D eigenvalue weighted by Gasteiger charge is 2.26. The molecule has 0 bridgehead atoms. The van der Waals surface area contributed by atoms with Crippen LogP contribution in [0.15, 0.2) is 64.9 Å². The van der Waals surface area contributed by atoms with E-state index in [4.69, 9.17) is 4.74 Å². The van der Waals surface area contributed by atoms with E-state index >= 15 is 0 Å². The van der Waals surface area contributed by atoms with Crippen LogP contribution in [0, 0.1) is 17.0 Å². The summed E-state index contributed by atoms with van der Waals surface area (Å²) >= 11 is 1.42. The molecule has 0 aliphatic carbocycles. The second kappa shape index (κ2) is 8.09. The van der Waals surface area contributed by atoms with Crippen LogP contribution in [0.2, 0.25) is 0 Å². The molecule has 0 amide bonds. The monoisotopic (exact) mass is 418 g/mol. The summed E-state index contributed by atoms with van der Waals surface area (Å²) in [5.41, 5.74) is 1.43. The largest absolute Gasteiger partial charge is 0.490 e. The molecule has 146 valence electrons. The van der Waals surface area contributed by atoms with Crippen molar-refractivity contribution in [2.45, 2.75) is 17.9 Å². The van der Waals surface area contributed by atoms with Gasteiger partial charge in [-0.25, -0.2) is 8.42 Å². The maximum Gasteiger partial charge on any atom is 0.312 e. The summed E-state index contributed by atoms with van der Waals surface area (Å²) in [6, 6.07) is 14.2. The lowest BCUT2D eigenvalue weighted by Gasteiger charge is -2.18. The Labute approximate surface area is 166 Å². The molecule has 1 aromatic heterocycles. The highest BCUT2D eigenvalue weighted by Crippen LogP contribution is 2.32. The third kappa shape index (κ3) is 4.22. The minimum absolute atomic E-state index is 0.00251. The number of ether oxygens (including phenoxy) is 1. The van der Waals surface area contributed by atoms with E-state index in [9.17, 15) is 18.5 Å². The molecule has 0 spiro atoms. The summed E-state index contributed by atoms with van der Waals surface area (Å²) in [5.74, 6) is -0.00251. The summed E-state index contributed by atoms with van der Waals surface area (Å²) in [6.07, 6.45) is 0. The number of nitrogens with one attached hydrogen (secondary N) is 1. The van der Waals surface area contributed by atoms with Gasteiger partial charge in [0.15, 0.2) is 5.75 Å². The third-order valence-corrected chi connectivity index (χ3v) is 6.53. The Morgan fingerprint density at radius 1 is 1.14 bits per heavy atom. The highest BCUT2D eigenvalue weighted by atomic mass is 32.2. The molecule has 2 aromatic carbocycles. The molecule has 0 saturated carbocycles. The Morgan fingerprint density at radius 2 is 1.86 bits per heavy atom. The molecule has 0 saturated heterocycles. The van der Waals surface area contributed by atoms with Crippen molar-refractivity contribution < 1.29 is 18.1 Å². The van der Waals surface area contributed by atoms with Crippen LogP contribution < -0.4 is 9.46 Å². The van der Waals surface area contributed by atoms with E-state index in [1.54, 1.807) is 0 Å². The minimum atomic E-state index is -4.03. The summed E-state index contributed by atoms with van der Waals surface area (Å²) in [7, 11) is -2.74. The van der Waals surface area contributed by atoms with E-state index in [1.807, 2.05) is 48.7 Å². The summed E-state index contributed by atoms with van der Waals surface area (Å²) in [6.45, 7) is 1.95. The Kier molecular flexibility index (Phi) is 5.78. The predicted molar refractivity (Wildman–Crippen MR) is 107 cm³/mol. The van der Waals surface area contributed by atoms with Gasteiger partial charge in [-0.05, 0) is 36.1 Å². The van der Waals surface area contributed by atoms with Crippen molar-refractivity contribution in [3.8, 4) is 5.75 Å². The number of hydrogen-bond donors (Lipinski definition) is 1. The molecule has 1 N–H and O–H groups in total. The predicted octanol–water partition coefficient (Wildman–Crippen LogP) is 4.04. The molecule has 0 unspecified atom stereocenters. The molecule has 3 rings (SSSR count). The Bertz CT molecular complexity index is 1080. The number of methoxy groups -OCH3 is 1. The summed E-state index contributed by atoms with van der Waals surface area (Å²) < 4.78 is 33.6. The molecular weight excluding hydrogens is 400 g/mol. The standard InChI is InChI=1S/C19H18N2O5S2/c1-13-5-7-14(8-6-13)19(18-4-3-11-27-18)20-28(24,25)15-9-10-17(26-2)16(12-15)21(22)23/h3-12,19-20H,1-2H3/t19-/m0/s1. The zero-order valence-corrected chi connectivity index (χ0v) is 16.8. The third-order valence-electron chi connectivity index (χ3n) is 4.17. The van der Waals surface area contributed by atoms with Crippen molar-refractivity contribution in [2.24, 2.45) is 0 Å². The first-order chi connectivity index (χ1) is 13.3. The molecule has 3 aromatic rings. The van der Waals surface area contributed by atoms with E-state index in [2.05, 4.69) is 4.72 Å². The van der Waals surface area contributed by atoms with Crippen molar-refractivity contribution in [3.63, 3.8) is 0 Å². The summed E-state index contributed by atoms with van der Waals surface area (Å²) in [4.78, 5) is 11.2. The SMILES string of the molecule is COc1ccc(S(=O)(=O)N[C@@H](c2ccc(C)cc2)c2cccs2)cc1[N+](=O)[O-]. The van der Waals surface area contributed by atoms with Gasteiger partial charge in [0.05, 0.1) is 23.0 Å². The van der Waals surface area contributed by atoms with Gasteiger partial charge in [-0.15, -0.1) is 11.3 Å². The van der Waals surface area contributed by atoms with Gasteiger partial charge in [-0.3, -0.25) is 10.1 Å². The molecule has 28 heavy (non-hydrogen) atoms. The van der Waals surface area contributed by atoms with E-state index in [1.165, 1.54) is 30.6 Å². The van der Waals surface area contributed by atoms with Gasteiger partial charge in [0.2, 0.25) is 10.0 Å². The van der Waals surface area contributed by atoms with Crippen LogP contribution in [-0.2, 0) is 10.0 Å². The van der Waals surface area contributed by atoms with Crippen LogP contribution in [0.3, 0.4) is 0 Å². The van der Waals surface area contributed by atoms with E-state index in [0.29, 0.717) is 0 Å². The molecular formula is C19H18N2O5S2. The smallest absolute Gasteiger partial charge is 0.312 e. The number of hydrogen-bond acceptors (Lipinski definition) is 6. The molecule has 0 aliphatic rings. The van der Waals surface area contributed by atoms with Gasteiger partial charge in [-0.1, -0.05) is 35.9 Å². The maximum atomic E-state index is 13.0. The topological polar surface area (TPSA) is 98.5 Å². The van der Waals surface area contributed by atoms with E-state index < -0.39 is 26.7 Å². The Hall–Kier alpha value is -2.75. The number of nitro benzene ring substituents is 1. The van der Waals surface area contributed by atoms with Gasteiger partial charge < -0.3 is 4.74 Å². The van der Waals surface area contributed by atoms with Crippen molar-refractivity contribution in [1.82, 2.24) is 4.72 Å². The fourth-order valence-corrected chi connectivity index (χ4v) is 4.81. The van der Waals surface area contributed by atoms with Crippen molar-refractivity contribution in [3.05, 3.63) is 86.1 Å². The van der Waals surface area contributed by atoms with E-state index in [0.717, 1.165) is 22.1 Å². The van der Waals surface area contributed by atoms with E-state index in [-0.39, 0.29) is 10.6 Å². The molecule has 0 radical (unpaired) electrons. The second-order valence-electron chi connectivity index (χ2n) is 6.07. The van der Waals surface area contributed by atoms with Gasteiger partial charge in [0, 0.05) is 10.9 Å². The maximum absolute atomic E-state index is 13.0. The number of sulfonamides is 1. The van der Waals surface area contributed by atoms with Crippen molar-refractivity contribution >= 4 is 27.0 Å². The average molecular weight is 418 g/mol. The van der Waals surface area contributed by atoms with Gasteiger partial charge in [-0.2, -0.15) is 4.72 Å². The molecule has 0 fully saturated rings. The van der Waals surface area contributed by atoms with Crippen LogP contribution in [0.4, 0.5) is 5.69 Å². The Morgan fingerprint density at radius 3 is 2.43 bits per heavy atom. The molecule has 9 heteroatoms.